The molecule has 2 fully saturated rings. The smallest absolute Gasteiger partial charge is 0.445 e. The van der Waals surface area contributed by atoms with Gasteiger partial charge in [0.2, 0.25) is 16.0 Å². The van der Waals surface area contributed by atoms with Crippen LogP contribution in [-0.4, -0.2) is 60.8 Å². The van der Waals surface area contributed by atoms with Crippen LogP contribution in [0.25, 0.3) is 0 Å². The summed E-state index contributed by atoms with van der Waals surface area (Å²) in [7, 11) is -4.99. The molecule has 1 aromatic heterocycles. The number of amides is 1. The van der Waals surface area contributed by atoms with Gasteiger partial charge in [0, 0.05) is 6.54 Å². The standard InChI is InChI=1S/C20H18F9N5O4S2/c21-18(22,23)8-38-9-1-2-13(11(5-9)19(24,25)26)40(36,37)10-6-12(14(35)31-17(30)3-4-17)34(7-10)16-33-32-15(39-16)20(27,28)29/h1-2,5,10,12H,3-4,6-8,30H2,(H,31,35)/t10-,12+/m1/s1. The van der Waals surface area contributed by atoms with Crippen LogP contribution in [0.5, 0.6) is 5.75 Å². The van der Waals surface area contributed by atoms with Crippen molar-refractivity contribution in [1.82, 2.24) is 15.5 Å². The average molecular weight is 628 g/mol. The van der Waals surface area contributed by atoms with Crippen LogP contribution in [0.15, 0.2) is 23.1 Å². The van der Waals surface area contributed by atoms with Gasteiger partial charge >= 0.3 is 18.5 Å². The van der Waals surface area contributed by atoms with Crippen LogP contribution in [0.2, 0.25) is 0 Å². The first-order valence-electron chi connectivity index (χ1n) is 11.1. The number of anilines is 1. The Labute approximate surface area is 223 Å². The summed E-state index contributed by atoms with van der Waals surface area (Å²) in [4.78, 5) is 12.5. The molecule has 3 N–H and O–H groups in total. The van der Waals surface area contributed by atoms with Crippen molar-refractivity contribution in [2.45, 2.75) is 59.6 Å². The highest BCUT2D eigenvalue weighted by Gasteiger charge is 2.50. The van der Waals surface area contributed by atoms with Crippen molar-refractivity contribution in [2.75, 3.05) is 18.1 Å². The van der Waals surface area contributed by atoms with E-state index in [-0.39, 0.29) is 17.4 Å². The van der Waals surface area contributed by atoms with Crippen LogP contribution in [0, 0.1) is 0 Å². The molecule has 20 heteroatoms. The number of nitrogens with one attached hydrogen (secondary N) is 1. The van der Waals surface area contributed by atoms with Gasteiger partial charge in [-0.25, -0.2) is 8.42 Å². The first kappa shape index (κ1) is 30.1. The zero-order valence-corrected chi connectivity index (χ0v) is 21.3. The highest BCUT2D eigenvalue weighted by atomic mass is 32.2. The Bertz CT molecular complexity index is 1390. The maximum absolute atomic E-state index is 13.8. The minimum Gasteiger partial charge on any atom is -0.484 e. The van der Waals surface area contributed by atoms with Gasteiger partial charge < -0.3 is 20.7 Å². The fourth-order valence-electron chi connectivity index (χ4n) is 3.93. The topological polar surface area (TPSA) is 128 Å². The number of aromatic nitrogens is 2. The second kappa shape index (κ2) is 9.89. The molecule has 0 bridgehead atoms. The number of ether oxygens (including phenoxy) is 1. The van der Waals surface area contributed by atoms with Crippen LogP contribution in [0.4, 0.5) is 44.6 Å². The molecule has 2 heterocycles. The number of nitrogens with two attached hydrogens (primary N) is 1. The van der Waals surface area contributed by atoms with Crippen molar-refractivity contribution in [3.8, 4) is 5.75 Å². The van der Waals surface area contributed by atoms with E-state index < -0.39 is 97.1 Å². The fourth-order valence-corrected chi connectivity index (χ4v) is 6.59. The number of nitrogens with zero attached hydrogens (tertiary/aromatic N) is 3. The van der Waals surface area contributed by atoms with Crippen LogP contribution in [0.3, 0.4) is 0 Å². The minimum absolute atomic E-state index is 0.00130. The highest BCUT2D eigenvalue weighted by Crippen LogP contribution is 2.42. The molecule has 222 valence electrons. The number of hydrogen-bond acceptors (Lipinski definition) is 9. The van der Waals surface area contributed by atoms with Crippen molar-refractivity contribution in [3.05, 3.63) is 28.8 Å². The lowest BCUT2D eigenvalue weighted by Gasteiger charge is -2.24. The molecule has 1 amide bonds. The molecule has 1 aliphatic heterocycles. The predicted molar refractivity (Wildman–Crippen MR) is 119 cm³/mol. The molecule has 2 aliphatic rings. The first-order valence-corrected chi connectivity index (χ1v) is 13.5. The summed E-state index contributed by atoms with van der Waals surface area (Å²) in [6, 6.07) is -0.358. The third-order valence-corrected chi connectivity index (χ3v) is 9.23. The Morgan fingerprint density at radius 1 is 1.10 bits per heavy atom. The van der Waals surface area contributed by atoms with Gasteiger partial charge in [-0.2, -0.15) is 39.5 Å². The highest BCUT2D eigenvalue weighted by molar-refractivity contribution is 7.92. The van der Waals surface area contributed by atoms with Crippen molar-refractivity contribution in [1.29, 1.82) is 0 Å². The Hall–Kier alpha value is -2.87. The molecule has 0 radical (unpaired) electrons. The van der Waals surface area contributed by atoms with Crippen LogP contribution in [-0.2, 0) is 27.0 Å². The van der Waals surface area contributed by atoms with E-state index >= 15 is 0 Å². The lowest BCUT2D eigenvalue weighted by atomic mass is 10.2. The number of carbonyl (C=O) groups is 1. The summed E-state index contributed by atoms with van der Waals surface area (Å²) in [5, 5.41) is 5.16. The molecule has 1 saturated heterocycles. The van der Waals surface area contributed by atoms with Gasteiger partial charge in [-0.05, 0) is 37.5 Å². The molecular formula is C20H18F9N5O4S2. The molecule has 0 spiro atoms. The van der Waals surface area contributed by atoms with E-state index in [0.717, 1.165) is 4.90 Å². The Morgan fingerprint density at radius 3 is 2.27 bits per heavy atom. The SMILES string of the molecule is NC1(NC(=O)[C@@H]2C[C@@H](S(=O)(=O)c3ccc(OCC(F)(F)F)cc3C(F)(F)F)CN2c2nnc(C(F)(F)F)s2)CC1. The lowest BCUT2D eigenvalue weighted by molar-refractivity contribution is -0.153. The van der Waals surface area contributed by atoms with E-state index in [2.05, 4.69) is 20.3 Å². The number of rotatable bonds is 7. The average Bonchev–Trinajstić information content (AvgIpc) is 3.22. The molecule has 2 atom stereocenters. The van der Waals surface area contributed by atoms with E-state index in [1.807, 2.05) is 0 Å². The maximum atomic E-state index is 13.8. The second-order valence-electron chi connectivity index (χ2n) is 9.16. The molecule has 0 unspecified atom stereocenters. The number of hydrogen-bond donors (Lipinski definition) is 2. The quantitative estimate of drug-likeness (QED) is 0.353. The van der Waals surface area contributed by atoms with E-state index in [4.69, 9.17) is 5.73 Å². The van der Waals surface area contributed by atoms with Crippen LogP contribution < -0.4 is 20.7 Å². The third kappa shape index (κ3) is 6.54. The summed E-state index contributed by atoms with van der Waals surface area (Å²) in [5.41, 5.74) is 2.92. The molecular weight excluding hydrogens is 609 g/mol. The normalized spacial score (nSPS) is 21.4. The Kier molecular flexibility index (Phi) is 7.44. The van der Waals surface area contributed by atoms with E-state index in [1.54, 1.807) is 0 Å². The molecule has 40 heavy (non-hydrogen) atoms. The molecule has 4 rings (SSSR count). The fraction of sp³-hybridized carbons (Fsp3) is 0.550. The zero-order valence-electron chi connectivity index (χ0n) is 19.7. The van der Waals surface area contributed by atoms with E-state index in [0.29, 0.717) is 25.0 Å². The van der Waals surface area contributed by atoms with Crippen molar-refractivity contribution < 1.29 is 57.5 Å². The van der Waals surface area contributed by atoms with Crippen molar-refractivity contribution in [3.63, 3.8) is 0 Å². The number of carbonyl (C=O) groups excluding carboxylic acids is 1. The largest absolute Gasteiger partial charge is 0.484 e. The zero-order chi connectivity index (χ0) is 29.9. The maximum Gasteiger partial charge on any atom is 0.445 e. The van der Waals surface area contributed by atoms with Gasteiger partial charge in [-0.3, -0.25) is 4.79 Å². The summed E-state index contributed by atoms with van der Waals surface area (Å²) < 4.78 is 149. The van der Waals surface area contributed by atoms with Gasteiger partial charge in [0.15, 0.2) is 16.4 Å². The lowest BCUT2D eigenvalue weighted by Crippen LogP contribution is -2.51. The summed E-state index contributed by atoms with van der Waals surface area (Å²) in [5.74, 6) is -1.78. The van der Waals surface area contributed by atoms with Crippen molar-refractivity contribution in [2.24, 2.45) is 5.73 Å². The van der Waals surface area contributed by atoms with Gasteiger partial charge in [-0.15, -0.1) is 10.2 Å². The van der Waals surface area contributed by atoms with E-state index in [9.17, 15) is 52.7 Å². The first-order chi connectivity index (χ1) is 18.2. The molecule has 1 aromatic carbocycles. The number of sulfone groups is 1. The number of halogens is 9. The van der Waals surface area contributed by atoms with Gasteiger partial charge in [0.05, 0.1) is 21.4 Å². The number of alkyl halides is 9. The number of benzene rings is 1. The van der Waals surface area contributed by atoms with Gasteiger partial charge in [0.1, 0.15) is 11.8 Å². The molecule has 1 saturated carbocycles. The minimum atomic E-state index is -5.35. The molecule has 2 aromatic rings. The summed E-state index contributed by atoms with van der Waals surface area (Å²) in [6.07, 6.45) is -15.1. The van der Waals surface area contributed by atoms with Crippen molar-refractivity contribution >= 4 is 32.2 Å². The molecule has 9 nitrogen and oxygen atoms in total. The van der Waals surface area contributed by atoms with E-state index in [1.165, 1.54) is 0 Å². The van der Waals surface area contributed by atoms with Crippen LogP contribution in [0.1, 0.15) is 29.8 Å². The monoisotopic (exact) mass is 627 g/mol. The van der Waals surface area contributed by atoms with Gasteiger partial charge in [-0.1, -0.05) is 11.3 Å². The Balaban J connectivity index is 1.69. The molecule has 1 aliphatic carbocycles. The third-order valence-electron chi connectivity index (χ3n) is 6.03. The summed E-state index contributed by atoms with van der Waals surface area (Å²) in [6.45, 7) is -2.68. The van der Waals surface area contributed by atoms with Gasteiger partial charge in [0.25, 0.3) is 0 Å². The predicted octanol–water partition coefficient (Wildman–Crippen LogP) is 3.50. The summed E-state index contributed by atoms with van der Waals surface area (Å²) >= 11 is 0.00130. The second-order valence-corrected chi connectivity index (χ2v) is 12.3. The Morgan fingerprint density at radius 2 is 1.75 bits per heavy atom. The van der Waals surface area contributed by atoms with Crippen LogP contribution >= 0.6 is 11.3 Å².